The lowest BCUT2D eigenvalue weighted by Gasteiger charge is -2.16. The van der Waals surface area contributed by atoms with Crippen molar-refractivity contribution in [3.05, 3.63) is 107 Å². The zero-order valence-electron chi connectivity index (χ0n) is 13.8. The lowest BCUT2D eigenvalue weighted by atomic mass is 9.99. The van der Waals surface area contributed by atoms with Gasteiger partial charge in [0.25, 0.3) is 5.91 Å². The maximum atomic E-state index is 12.7. The molecule has 0 aliphatic rings. The van der Waals surface area contributed by atoms with E-state index in [-0.39, 0.29) is 11.9 Å². The van der Waals surface area contributed by atoms with Gasteiger partial charge >= 0.3 is 0 Å². The average molecular weight is 315 g/mol. The van der Waals surface area contributed by atoms with Gasteiger partial charge in [-0.05, 0) is 36.1 Å². The molecule has 120 valence electrons. The highest BCUT2D eigenvalue weighted by Crippen LogP contribution is 2.17. The molecule has 0 bridgehead atoms. The van der Waals surface area contributed by atoms with Crippen molar-refractivity contribution in [3.8, 4) is 0 Å². The van der Waals surface area contributed by atoms with E-state index in [9.17, 15) is 4.79 Å². The molecule has 0 radical (unpaired) electrons. The Kier molecular flexibility index (Phi) is 5.07. The summed E-state index contributed by atoms with van der Waals surface area (Å²) in [6.07, 6.45) is 0.754. The van der Waals surface area contributed by atoms with E-state index >= 15 is 0 Å². The van der Waals surface area contributed by atoms with Gasteiger partial charge in [-0.15, -0.1) is 0 Å². The third-order valence-electron chi connectivity index (χ3n) is 4.15. The van der Waals surface area contributed by atoms with Gasteiger partial charge in [0.15, 0.2) is 0 Å². The number of hydrogen-bond donors (Lipinski definition) is 1. The van der Waals surface area contributed by atoms with Crippen LogP contribution in [0.3, 0.4) is 0 Å². The number of rotatable bonds is 5. The SMILES string of the molecule is C[C@H](NC(=O)c1ccccc1Cc1ccccc1)c1ccccc1. The molecule has 2 heteroatoms. The fraction of sp³-hybridized carbons (Fsp3) is 0.136. The minimum Gasteiger partial charge on any atom is -0.346 e. The van der Waals surface area contributed by atoms with Crippen LogP contribution in [0.15, 0.2) is 84.9 Å². The molecule has 0 spiro atoms. The van der Waals surface area contributed by atoms with Crippen molar-refractivity contribution >= 4 is 5.91 Å². The van der Waals surface area contributed by atoms with Crippen LogP contribution in [-0.4, -0.2) is 5.91 Å². The molecule has 0 heterocycles. The van der Waals surface area contributed by atoms with Crippen molar-refractivity contribution in [2.24, 2.45) is 0 Å². The van der Waals surface area contributed by atoms with Crippen LogP contribution in [-0.2, 0) is 6.42 Å². The van der Waals surface area contributed by atoms with Crippen molar-refractivity contribution in [1.82, 2.24) is 5.32 Å². The molecule has 0 saturated carbocycles. The highest BCUT2D eigenvalue weighted by Gasteiger charge is 2.14. The summed E-state index contributed by atoms with van der Waals surface area (Å²) in [5, 5.41) is 3.10. The molecule has 3 rings (SSSR count). The minimum absolute atomic E-state index is 0.0246. The molecule has 0 aliphatic heterocycles. The van der Waals surface area contributed by atoms with Crippen LogP contribution >= 0.6 is 0 Å². The predicted molar refractivity (Wildman–Crippen MR) is 98.0 cm³/mol. The van der Waals surface area contributed by atoms with Gasteiger partial charge in [0.1, 0.15) is 0 Å². The van der Waals surface area contributed by atoms with E-state index in [0.717, 1.165) is 23.1 Å². The van der Waals surface area contributed by atoms with Crippen LogP contribution in [0.5, 0.6) is 0 Å². The summed E-state index contributed by atoms with van der Waals surface area (Å²) in [7, 11) is 0. The molecule has 3 aromatic carbocycles. The molecular formula is C22H21NO. The largest absolute Gasteiger partial charge is 0.346 e. The van der Waals surface area contributed by atoms with E-state index in [2.05, 4.69) is 17.4 Å². The lowest BCUT2D eigenvalue weighted by molar-refractivity contribution is 0.0939. The zero-order valence-corrected chi connectivity index (χ0v) is 13.8. The van der Waals surface area contributed by atoms with E-state index in [4.69, 9.17) is 0 Å². The summed E-state index contributed by atoms with van der Waals surface area (Å²) in [6.45, 7) is 2.01. The molecule has 0 aromatic heterocycles. The molecular weight excluding hydrogens is 294 g/mol. The fourth-order valence-corrected chi connectivity index (χ4v) is 2.81. The Hall–Kier alpha value is -2.87. The second-order valence-corrected chi connectivity index (χ2v) is 5.93. The van der Waals surface area contributed by atoms with Gasteiger partial charge in [-0.2, -0.15) is 0 Å². The molecule has 0 saturated heterocycles. The minimum atomic E-state index is -0.0297. The van der Waals surface area contributed by atoms with E-state index < -0.39 is 0 Å². The van der Waals surface area contributed by atoms with Crippen molar-refractivity contribution < 1.29 is 4.79 Å². The van der Waals surface area contributed by atoms with Crippen LogP contribution in [0, 0.1) is 0 Å². The molecule has 1 amide bonds. The first-order chi connectivity index (χ1) is 11.7. The second-order valence-electron chi connectivity index (χ2n) is 5.93. The predicted octanol–water partition coefficient (Wildman–Crippen LogP) is 4.77. The fourth-order valence-electron chi connectivity index (χ4n) is 2.81. The number of nitrogens with one attached hydrogen (secondary N) is 1. The Morgan fingerprint density at radius 3 is 2.12 bits per heavy atom. The molecule has 1 N–H and O–H groups in total. The van der Waals surface area contributed by atoms with Gasteiger partial charge in [0.05, 0.1) is 6.04 Å². The highest BCUT2D eigenvalue weighted by molar-refractivity contribution is 5.96. The number of carbonyl (C=O) groups is 1. The standard InChI is InChI=1S/C22H21NO/c1-17(19-12-6-3-7-13-19)23-22(24)21-15-9-8-14-20(21)16-18-10-4-2-5-11-18/h2-15,17H,16H2,1H3,(H,23,24)/t17-/m0/s1. The molecule has 0 fully saturated rings. The average Bonchev–Trinajstić information content (AvgIpc) is 2.63. The zero-order chi connectivity index (χ0) is 16.8. The smallest absolute Gasteiger partial charge is 0.252 e. The number of amides is 1. The van der Waals surface area contributed by atoms with Crippen molar-refractivity contribution in [3.63, 3.8) is 0 Å². The molecule has 3 aromatic rings. The summed E-state index contributed by atoms with van der Waals surface area (Å²) in [5.41, 5.74) is 4.09. The Morgan fingerprint density at radius 1 is 0.833 bits per heavy atom. The topological polar surface area (TPSA) is 29.1 Å². The maximum absolute atomic E-state index is 12.7. The number of carbonyl (C=O) groups excluding carboxylic acids is 1. The van der Waals surface area contributed by atoms with E-state index in [0.29, 0.717) is 0 Å². The summed E-state index contributed by atoms with van der Waals surface area (Å²) >= 11 is 0. The van der Waals surface area contributed by atoms with Gasteiger partial charge in [-0.1, -0.05) is 78.9 Å². The van der Waals surface area contributed by atoms with Crippen molar-refractivity contribution in [2.45, 2.75) is 19.4 Å². The first kappa shape index (κ1) is 16.0. The Labute approximate surface area is 143 Å². The molecule has 0 aliphatic carbocycles. The molecule has 24 heavy (non-hydrogen) atoms. The molecule has 1 atom stereocenters. The van der Waals surface area contributed by atoms with E-state index in [1.54, 1.807) is 0 Å². The van der Waals surface area contributed by atoms with Crippen LogP contribution in [0.25, 0.3) is 0 Å². The Morgan fingerprint density at radius 2 is 1.42 bits per heavy atom. The summed E-state index contributed by atoms with van der Waals surface area (Å²) in [6, 6.07) is 28.0. The summed E-state index contributed by atoms with van der Waals surface area (Å²) < 4.78 is 0. The Bertz CT molecular complexity index is 796. The van der Waals surface area contributed by atoms with Crippen LogP contribution in [0.2, 0.25) is 0 Å². The van der Waals surface area contributed by atoms with Crippen LogP contribution in [0.4, 0.5) is 0 Å². The molecule has 2 nitrogen and oxygen atoms in total. The first-order valence-corrected chi connectivity index (χ1v) is 8.21. The summed E-state index contributed by atoms with van der Waals surface area (Å²) in [5.74, 6) is -0.0297. The lowest BCUT2D eigenvalue weighted by Crippen LogP contribution is -2.27. The highest BCUT2D eigenvalue weighted by atomic mass is 16.1. The normalized spacial score (nSPS) is 11.7. The quantitative estimate of drug-likeness (QED) is 0.722. The van der Waals surface area contributed by atoms with Gasteiger partial charge in [0, 0.05) is 5.56 Å². The van der Waals surface area contributed by atoms with Gasteiger partial charge in [-0.25, -0.2) is 0 Å². The van der Waals surface area contributed by atoms with Gasteiger partial charge in [0.2, 0.25) is 0 Å². The van der Waals surface area contributed by atoms with Crippen molar-refractivity contribution in [2.75, 3.05) is 0 Å². The van der Waals surface area contributed by atoms with Crippen LogP contribution < -0.4 is 5.32 Å². The molecule has 0 unspecified atom stereocenters. The van der Waals surface area contributed by atoms with Crippen molar-refractivity contribution in [1.29, 1.82) is 0 Å². The summed E-state index contributed by atoms with van der Waals surface area (Å²) in [4.78, 5) is 12.7. The monoisotopic (exact) mass is 315 g/mol. The third-order valence-corrected chi connectivity index (χ3v) is 4.15. The number of benzene rings is 3. The van der Waals surface area contributed by atoms with Gasteiger partial charge < -0.3 is 5.32 Å². The maximum Gasteiger partial charge on any atom is 0.252 e. The number of hydrogen-bond acceptors (Lipinski definition) is 1. The first-order valence-electron chi connectivity index (χ1n) is 8.21. The van der Waals surface area contributed by atoms with Gasteiger partial charge in [-0.3, -0.25) is 4.79 Å². The third kappa shape index (κ3) is 3.90. The van der Waals surface area contributed by atoms with E-state index in [1.807, 2.05) is 79.7 Å². The van der Waals surface area contributed by atoms with Crippen LogP contribution in [0.1, 0.15) is 40.0 Å². The Balaban J connectivity index is 1.78. The second kappa shape index (κ2) is 7.60. The van der Waals surface area contributed by atoms with E-state index in [1.165, 1.54) is 5.56 Å².